The molecular weight excluding hydrogens is 364 g/mol. The van der Waals surface area contributed by atoms with Gasteiger partial charge in [0.1, 0.15) is 22.8 Å². The second-order valence-electron chi connectivity index (χ2n) is 6.11. The minimum Gasteiger partial charge on any atom is -0.415 e. The van der Waals surface area contributed by atoms with Crippen LogP contribution in [0.3, 0.4) is 0 Å². The van der Waals surface area contributed by atoms with Crippen LogP contribution in [0.15, 0.2) is 50.7 Å². The first kappa shape index (κ1) is 18.1. The van der Waals surface area contributed by atoms with Gasteiger partial charge in [0.15, 0.2) is 9.84 Å². The predicted molar refractivity (Wildman–Crippen MR) is 92.2 cm³/mol. The Bertz CT molecular complexity index is 1130. The molecule has 26 heavy (non-hydrogen) atoms. The van der Waals surface area contributed by atoms with Crippen molar-refractivity contribution in [3.8, 4) is 16.9 Å². The summed E-state index contributed by atoms with van der Waals surface area (Å²) in [5.41, 5.74) is 2.35. The molecule has 8 heteroatoms. The van der Waals surface area contributed by atoms with Gasteiger partial charge in [-0.15, -0.1) is 0 Å². The Balaban J connectivity index is 2.26. The van der Waals surface area contributed by atoms with Crippen LogP contribution in [-0.4, -0.2) is 19.2 Å². The summed E-state index contributed by atoms with van der Waals surface area (Å²) in [5.74, 6) is -3.19. The van der Waals surface area contributed by atoms with Gasteiger partial charge < -0.3 is 4.42 Å². The molecule has 0 spiro atoms. The summed E-state index contributed by atoms with van der Waals surface area (Å²) in [4.78, 5) is 11.1. The Morgan fingerprint density at radius 3 is 2.00 bits per heavy atom. The number of oxazole rings is 1. The molecule has 1 aromatic heterocycles. The Kier molecular flexibility index (Phi) is 4.31. The van der Waals surface area contributed by atoms with Crippen molar-refractivity contribution in [2.75, 3.05) is 6.26 Å². The number of aryl methyl sites for hydroxylation is 2. The van der Waals surface area contributed by atoms with Crippen LogP contribution >= 0.6 is 0 Å². The van der Waals surface area contributed by atoms with E-state index in [0.717, 1.165) is 35.8 Å². The fourth-order valence-corrected chi connectivity index (χ4v) is 3.72. The maximum atomic E-state index is 14.2. The molecule has 0 N–H and O–H groups in total. The van der Waals surface area contributed by atoms with Crippen molar-refractivity contribution in [2.24, 2.45) is 0 Å². The first-order valence-corrected chi connectivity index (χ1v) is 9.46. The second-order valence-corrected chi connectivity index (χ2v) is 8.06. The molecule has 0 atom stereocenters. The number of hydrogen-bond donors (Lipinski definition) is 0. The molecule has 3 aromatic rings. The van der Waals surface area contributed by atoms with Crippen LogP contribution in [0.4, 0.5) is 8.78 Å². The van der Waals surface area contributed by atoms with Crippen LogP contribution in [-0.2, 0) is 9.84 Å². The molecule has 3 rings (SSSR count). The van der Waals surface area contributed by atoms with Gasteiger partial charge >= 0.3 is 5.76 Å². The zero-order valence-corrected chi connectivity index (χ0v) is 15.0. The number of aromatic nitrogens is 1. The van der Waals surface area contributed by atoms with Crippen molar-refractivity contribution in [3.63, 3.8) is 0 Å². The van der Waals surface area contributed by atoms with Crippen LogP contribution in [0.1, 0.15) is 11.1 Å². The van der Waals surface area contributed by atoms with Crippen LogP contribution in [0.5, 0.6) is 0 Å². The Labute approximate surface area is 148 Å². The topological polar surface area (TPSA) is 69.3 Å². The number of rotatable bonds is 3. The van der Waals surface area contributed by atoms with Gasteiger partial charge in [-0.2, -0.15) is 0 Å². The maximum absolute atomic E-state index is 14.2. The van der Waals surface area contributed by atoms with Gasteiger partial charge in [-0.25, -0.2) is 26.6 Å². The van der Waals surface area contributed by atoms with Crippen molar-refractivity contribution in [1.29, 1.82) is 0 Å². The molecule has 2 aromatic carbocycles. The maximum Gasteiger partial charge on any atom is 0.424 e. The molecule has 0 fully saturated rings. The van der Waals surface area contributed by atoms with Gasteiger partial charge in [-0.3, -0.25) is 0 Å². The highest BCUT2D eigenvalue weighted by Crippen LogP contribution is 2.28. The minimum absolute atomic E-state index is 0.0163. The quantitative estimate of drug-likeness (QED) is 0.699. The van der Waals surface area contributed by atoms with Gasteiger partial charge in [0.25, 0.3) is 0 Å². The lowest BCUT2D eigenvalue weighted by Gasteiger charge is -2.10. The van der Waals surface area contributed by atoms with Crippen molar-refractivity contribution >= 4 is 9.84 Å². The van der Waals surface area contributed by atoms with E-state index in [1.165, 1.54) is 4.57 Å². The molecule has 0 bridgehead atoms. The molecule has 0 saturated heterocycles. The van der Waals surface area contributed by atoms with Crippen molar-refractivity contribution in [3.05, 3.63) is 69.9 Å². The lowest BCUT2D eigenvalue weighted by Crippen LogP contribution is -2.14. The van der Waals surface area contributed by atoms with Gasteiger partial charge in [0, 0.05) is 11.8 Å². The molecule has 0 aliphatic carbocycles. The molecule has 0 amide bonds. The lowest BCUT2D eigenvalue weighted by molar-refractivity contribution is 0.504. The van der Waals surface area contributed by atoms with Crippen LogP contribution in [0.25, 0.3) is 16.9 Å². The first-order chi connectivity index (χ1) is 12.1. The molecule has 0 radical (unpaired) electrons. The normalized spacial score (nSPS) is 11.7. The summed E-state index contributed by atoms with van der Waals surface area (Å²) in [6.07, 6.45) is 1.80. The zero-order chi connectivity index (χ0) is 19.2. The van der Waals surface area contributed by atoms with Gasteiger partial charge in [-0.1, -0.05) is 6.07 Å². The van der Waals surface area contributed by atoms with E-state index in [2.05, 4.69) is 0 Å². The third-order valence-corrected chi connectivity index (χ3v) is 4.96. The third kappa shape index (κ3) is 3.20. The first-order valence-electron chi connectivity index (χ1n) is 7.56. The number of halogens is 2. The van der Waals surface area contributed by atoms with E-state index in [4.69, 9.17) is 4.42 Å². The molecule has 136 valence electrons. The van der Waals surface area contributed by atoms with Crippen molar-refractivity contribution in [2.45, 2.75) is 18.7 Å². The number of hydrogen-bond acceptors (Lipinski definition) is 4. The van der Waals surface area contributed by atoms with Gasteiger partial charge in [-0.05, 0) is 49.2 Å². The molecule has 0 saturated carbocycles. The standard InChI is InChI=1S/C18H15F2NO4S/c1-10-4-11(2)6-13(5-10)21-16(9-25-18(21)22)12-7-14(19)17(15(20)8-12)26(3,23)24/h4-9H,1-3H3. The Morgan fingerprint density at radius 1 is 0.962 bits per heavy atom. The highest BCUT2D eigenvalue weighted by atomic mass is 32.2. The van der Waals surface area contributed by atoms with E-state index >= 15 is 0 Å². The Hall–Kier alpha value is -2.74. The summed E-state index contributed by atoms with van der Waals surface area (Å²) in [6.45, 7) is 3.70. The van der Waals surface area contributed by atoms with Gasteiger partial charge in [0.2, 0.25) is 0 Å². The van der Waals surface area contributed by atoms with Crippen LogP contribution in [0.2, 0.25) is 0 Å². The smallest absolute Gasteiger partial charge is 0.415 e. The summed E-state index contributed by atoms with van der Waals surface area (Å²) < 4.78 is 57.6. The monoisotopic (exact) mass is 379 g/mol. The summed E-state index contributed by atoms with van der Waals surface area (Å²) in [6, 6.07) is 7.09. The van der Waals surface area contributed by atoms with E-state index < -0.39 is 32.1 Å². The highest BCUT2D eigenvalue weighted by Gasteiger charge is 2.23. The summed E-state index contributed by atoms with van der Waals surface area (Å²) in [7, 11) is -4.07. The molecule has 0 unspecified atom stereocenters. The fourth-order valence-electron chi connectivity index (χ4n) is 2.89. The van der Waals surface area contributed by atoms with Crippen LogP contribution in [0, 0.1) is 25.5 Å². The van der Waals surface area contributed by atoms with Crippen molar-refractivity contribution < 1.29 is 21.6 Å². The number of nitrogens with zero attached hydrogens (tertiary/aromatic N) is 1. The summed E-state index contributed by atoms with van der Waals surface area (Å²) in [5, 5.41) is 0. The SMILES string of the molecule is Cc1cc(C)cc(-n2c(-c3cc(F)c(S(C)(=O)=O)c(F)c3)coc2=O)c1. The molecular formula is C18H15F2NO4S. The second kappa shape index (κ2) is 6.21. The highest BCUT2D eigenvalue weighted by molar-refractivity contribution is 7.90. The number of benzene rings is 2. The van der Waals surface area contributed by atoms with Crippen molar-refractivity contribution in [1.82, 2.24) is 4.57 Å². The Morgan fingerprint density at radius 2 is 1.50 bits per heavy atom. The lowest BCUT2D eigenvalue weighted by atomic mass is 10.1. The van der Waals surface area contributed by atoms with E-state index in [9.17, 15) is 22.0 Å². The average Bonchev–Trinajstić information content (AvgIpc) is 2.85. The third-order valence-electron chi connectivity index (χ3n) is 3.82. The van der Waals surface area contributed by atoms with E-state index in [-0.39, 0.29) is 11.3 Å². The predicted octanol–water partition coefficient (Wildman–Crippen LogP) is 3.40. The molecule has 0 aliphatic heterocycles. The van der Waals surface area contributed by atoms with Crippen LogP contribution < -0.4 is 5.76 Å². The van der Waals surface area contributed by atoms with E-state index in [1.807, 2.05) is 19.9 Å². The molecule has 5 nitrogen and oxygen atoms in total. The summed E-state index contributed by atoms with van der Waals surface area (Å²) >= 11 is 0. The average molecular weight is 379 g/mol. The molecule has 1 heterocycles. The molecule has 0 aliphatic rings. The van der Waals surface area contributed by atoms with E-state index in [0.29, 0.717) is 5.69 Å². The number of sulfone groups is 1. The van der Waals surface area contributed by atoms with Gasteiger partial charge in [0.05, 0.1) is 11.4 Å². The zero-order valence-electron chi connectivity index (χ0n) is 14.2. The van der Waals surface area contributed by atoms with E-state index in [1.54, 1.807) is 12.1 Å². The fraction of sp³-hybridized carbons (Fsp3) is 0.167. The largest absolute Gasteiger partial charge is 0.424 e. The minimum atomic E-state index is -4.07.